The zero-order valence-electron chi connectivity index (χ0n) is 12.6. The molecule has 122 valence electrons. The highest BCUT2D eigenvalue weighted by atomic mass is 16.6. The topological polar surface area (TPSA) is 97.1 Å². The van der Waals surface area contributed by atoms with Crippen LogP contribution in [-0.2, 0) is 18.9 Å². The Balaban J connectivity index is 2.20. The maximum Gasteiger partial charge on any atom is 0.339 e. The minimum absolute atomic E-state index is 0.0873. The van der Waals surface area contributed by atoms with Crippen molar-refractivity contribution in [2.24, 2.45) is 5.73 Å². The molecule has 1 amide bonds. The van der Waals surface area contributed by atoms with E-state index in [1.54, 1.807) is 19.2 Å². The molecule has 0 aliphatic rings. The standard InChI is InChI=1S/C15H21NO6/c1-19-6-7-20-8-9-21-10-11-22-15(18)13-5-3-2-4-12(13)14(16)17/h2-5H,6-11H2,1H3,(H2,16,17). The fourth-order valence-corrected chi connectivity index (χ4v) is 1.61. The van der Waals surface area contributed by atoms with Crippen molar-refractivity contribution in [2.45, 2.75) is 0 Å². The highest BCUT2D eigenvalue weighted by Gasteiger charge is 2.15. The van der Waals surface area contributed by atoms with Gasteiger partial charge >= 0.3 is 5.97 Å². The number of carbonyl (C=O) groups excluding carboxylic acids is 2. The Kier molecular flexibility index (Phi) is 8.82. The molecule has 22 heavy (non-hydrogen) atoms. The van der Waals surface area contributed by atoms with Gasteiger partial charge in [-0.05, 0) is 12.1 Å². The van der Waals surface area contributed by atoms with E-state index in [4.69, 9.17) is 24.7 Å². The number of nitrogens with two attached hydrogens (primary N) is 1. The normalized spacial score (nSPS) is 10.4. The van der Waals surface area contributed by atoms with Gasteiger partial charge in [-0.15, -0.1) is 0 Å². The molecular formula is C15H21NO6. The van der Waals surface area contributed by atoms with Gasteiger partial charge in [-0.25, -0.2) is 4.79 Å². The molecule has 0 aromatic heterocycles. The second-order valence-electron chi connectivity index (χ2n) is 4.26. The van der Waals surface area contributed by atoms with Gasteiger partial charge in [-0.3, -0.25) is 4.79 Å². The first-order valence-electron chi connectivity index (χ1n) is 6.87. The Labute approximate surface area is 129 Å². The molecule has 0 atom stereocenters. The fraction of sp³-hybridized carbons (Fsp3) is 0.467. The Bertz CT molecular complexity index is 477. The van der Waals surface area contributed by atoms with E-state index < -0.39 is 11.9 Å². The molecule has 1 aromatic rings. The molecule has 2 N–H and O–H groups in total. The molecule has 0 unspecified atom stereocenters. The van der Waals surface area contributed by atoms with Crippen LogP contribution in [0.3, 0.4) is 0 Å². The van der Waals surface area contributed by atoms with Gasteiger partial charge in [0.25, 0.3) is 0 Å². The molecule has 0 saturated heterocycles. The predicted molar refractivity (Wildman–Crippen MR) is 78.8 cm³/mol. The lowest BCUT2D eigenvalue weighted by Gasteiger charge is -2.08. The van der Waals surface area contributed by atoms with Gasteiger partial charge in [0.1, 0.15) is 6.61 Å². The summed E-state index contributed by atoms with van der Waals surface area (Å²) in [6, 6.07) is 6.24. The van der Waals surface area contributed by atoms with E-state index in [1.165, 1.54) is 12.1 Å². The van der Waals surface area contributed by atoms with Crippen molar-refractivity contribution in [1.82, 2.24) is 0 Å². The Morgan fingerprint density at radius 1 is 0.909 bits per heavy atom. The summed E-state index contributed by atoms with van der Waals surface area (Å²) >= 11 is 0. The van der Waals surface area contributed by atoms with Crippen LogP contribution in [0.2, 0.25) is 0 Å². The van der Waals surface area contributed by atoms with Crippen LogP contribution >= 0.6 is 0 Å². The molecule has 0 heterocycles. The highest BCUT2D eigenvalue weighted by molar-refractivity contribution is 6.04. The van der Waals surface area contributed by atoms with E-state index in [0.717, 1.165) is 0 Å². The third-order valence-electron chi connectivity index (χ3n) is 2.68. The van der Waals surface area contributed by atoms with E-state index in [-0.39, 0.29) is 24.3 Å². The average Bonchev–Trinajstić information content (AvgIpc) is 2.53. The number of rotatable bonds is 11. The molecule has 7 heteroatoms. The molecule has 0 fully saturated rings. The van der Waals surface area contributed by atoms with Gasteiger partial charge in [-0.2, -0.15) is 0 Å². The van der Waals surface area contributed by atoms with Gasteiger partial charge in [-0.1, -0.05) is 12.1 Å². The second-order valence-corrected chi connectivity index (χ2v) is 4.26. The lowest BCUT2D eigenvalue weighted by molar-refractivity contribution is 0.00565. The van der Waals surface area contributed by atoms with Crippen molar-refractivity contribution in [2.75, 3.05) is 46.8 Å². The van der Waals surface area contributed by atoms with E-state index in [0.29, 0.717) is 26.4 Å². The van der Waals surface area contributed by atoms with Gasteiger partial charge in [0.2, 0.25) is 5.91 Å². The summed E-state index contributed by atoms with van der Waals surface area (Å²) in [4.78, 5) is 23.1. The SMILES string of the molecule is COCCOCCOCCOC(=O)c1ccccc1C(N)=O. The quantitative estimate of drug-likeness (QED) is 0.475. The molecule has 0 bridgehead atoms. The number of ether oxygens (including phenoxy) is 4. The number of primary amides is 1. The monoisotopic (exact) mass is 311 g/mol. The van der Waals surface area contributed by atoms with Gasteiger partial charge < -0.3 is 24.7 Å². The smallest absolute Gasteiger partial charge is 0.339 e. The van der Waals surface area contributed by atoms with Gasteiger partial charge in [0.15, 0.2) is 0 Å². The minimum atomic E-state index is -0.669. The predicted octanol–water partition coefficient (Wildman–Crippen LogP) is 0.622. The van der Waals surface area contributed by atoms with E-state index in [1.807, 2.05) is 0 Å². The second kappa shape index (κ2) is 10.7. The number of hydrogen-bond donors (Lipinski definition) is 1. The summed E-state index contributed by atoms with van der Waals surface area (Å²) in [6.07, 6.45) is 0. The Morgan fingerprint density at radius 3 is 2.05 bits per heavy atom. The summed E-state index contributed by atoms with van der Waals surface area (Å²) in [5.41, 5.74) is 5.49. The fourth-order valence-electron chi connectivity index (χ4n) is 1.61. The first-order chi connectivity index (χ1) is 10.7. The molecule has 0 aliphatic carbocycles. The number of hydrogen-bond acceptors (Lipinski definition) is 6. The third-order valence-corrected chi connectivity index (χ3v) is 2.68. The maximum absolute atomic E-state index is 11.9. The molecule has 1 rings (SSSR count). The van der Waals surface area contributed by atoms with Crippen LogP contribution in [0.25, 0.3) is 0 Å². The average molecular weight is 311 g/mol. The van der Waals surface area contributed by atoms with Crippen LogP contribution in [0.4, 0.5) is 0 Å². The van der Waals surface area contributed by atoms with Crippen molar-refractivity contribution in [1.29, 1.82) is 0 Å². The van der Waals surface area contributed by atoms with Gasteiger partial charge in [0.05, 0.1) is 44.2 Å². The largest absolute Gasteiger partial charge is 0.460 e. The lowest BCUT2D eigenvalue weighted by Crippen LogP contribution is -2.19. The van der Waals surface area contributed by atoms with Crippen LogP contribution in [0.5, 0.6) is 0 Å². The summed E-state index contributed by atoms with van der Waals surface area (Å²) < 4.78 is 20.3. The zero-order valence-corrected chi connectivity index (χ0v) is 12.6. The Morgan fingerprint density at radius 2 is 1.45 bits per heavy atom. The summed E-state index contributed by atoms with van der Waals surface area (Å²) in [7, 11) is 1.60. The number of amides is 1. The zero-order chi connectivity index (χ0) is 16.2. The highest BCUT2D eigenvalue weighted by Crippen LogP contribution is 2.09. The van der Waals surface area contributed by atoms with Crippen LogP contribution in [0, 0.1) is 0 Å². The number of esters is 1. The molecule has 0 aliphatic heterocycles. The van der Waals surface area contributed by atoms with Crippen LogP contribution in [0.15, 0.2) is 24.3 Å². The van der Waals surface area contributed by atoms with E-state index >= 15 is 0 Å². The van der Waals surface area contributed by atoms with Crippen LogP contribution in [0.1, 0.15) is 20.7 Å². The molecular weight excluding hydrogens is 290 g/mol. The van der Waals surface area contributed by atoms with Crippen molar-refractivity contribution >= 4 is 11.9 Å². The number of benzene rings is 1. The van der Waals surface area contributed by atoms with Crippen molar-refractivity contribution in [3.8, 4) is 0 Å². The third kappa shape index (κ3) is 6.66. The lowest BCUT2D eigenvalue weighted by atomic mass is 10.1. The van der Waals surface area contributed by atoms with Crippen LogP contribution < -0.4 is 5.73 Å². The summed E-state index contributed by atoms with van der Waals surface area (Å²) in [6.45, 7) is 2.23. The molecule has 0 spiro atoms. The van der Waals surface area contributed by atoms with Crippen LogP contribution in [-0.4, -0.2) is 58.6 Å². The molecule has 1 aromatic carbocycles. The molecule has 0 radical (unpaired) electrons. The first-order valence-corrected chi connectivity index (χ1v) is 6.87. The molecule has 0 saturated carbocycles. The number of carbonyl (C=O) groups is 2. The maximum atomic E-state index is 11.9. The summed E-state index contributed by atoms with van der Waals surface area (Å²) in [5, 5.41) is 0. The molecule has 7 nitrogen and oxygen atoms in total. The van der Waals surface area contributed by atoms with E-state index in [9.17, 15) is 9.59 Å². The Hall–Kier alpha value is -1.96. The van der Waals surface area contributed by atoms with Crippen molar-refractivity contribution in [3.05, 3.63) is 35.4 Å². The summed E-state index contributed by atoms with van der Waals surface area (Å²) in [5.74, 6) is -1.27. The van der Waals surface area contributed by atoms with Gasteiger partial charge in [0, 0.05) is 7.11 Å². The van der Waals surface area contributed by atoms with E-state index in [2.05, 4.69) is 0 Å². The van der Waals surface area contributed by atoms with Crippen molar-refractivity contribution in [3.63, 3.8) is 0 Å². The first kappa shape index (κ1) is 18.1. The minimum Gasteiger partial charge on any atom is -0.460 e. The number of methoxy groups -OCH3 is 1. The van der Waals surface area contributed by atoms with Crippen molar-refractivity contribution < 1.29 is 28.5 Å².